The number of carbonyl (C=O) groups is 2. The Balaban J connectivity index is 2.03. The van der Waals surface area contributed by atoms with E-state index in [1.807, 2.05) is 32.0 Å². The average molecular weight is 290 g/mol. The van der Waals surface area contributed by atoms with Crippen molar-refractivity contribution in [2.75, 3.05) is 0 Å². The van der Waals surface area contributed by atoms with Crippen LogP contribution >= 0.6 is 0 Å². The van der Waals surface area contributed by atoms with Crippen LogP contribution < -0.4 is 5.32 Å². The molecule has 0 radical (unpaired) electrons. The zero-order chi connectivity index (χ0) is 15.4. The number of pyridine rings is 1. The summed E-state index contributed by atoms with van der Waals surface area (Å²) in [6.45, 7) is 3.91. The Morgan fingerprint density at radius 2 is 2.10 bits per heavy atom. The highest BCUT2D eigenvalue weighted by molar-refractivity contribution is 5.85. The molecule has 5 heteroatoms. The van der Waals surface area contributed by atoms with Crippen molar-refractivity contribution in [1.29, 1.82) is 0 Å². The van der Waals surface area contributed by atoms with Gasteiger partial charge in [-0.2, -0.15) is 0 Å². The monoisotopic (exact) mass is 290 g/mol. The fourth-order valence-electron chi connectivity index (χ4n) is 3.07. The van der Waals surface area contributed by atoms with Crippen LogP contribution in [0.2, 0.25) is 0 Å². The van der Waals surface area contributed by atoms with Crippen LogP contribution in [-0.2, 0) is 9.59 Å². The highest BCUT2D eigenvalue weighted by Crippen LogP contribution is 2.38. The molecule has 21 heavy (non-hydrogen) atoms. The van der Waals surface area contributed by atoms with Crippen molar-refractivity contribution in [3.8, 4) is 0 Å². The Morgan fingerprint density at radius 3 is 2.67 bits per heavy atom. The van der Waals surface area contributed by atoms with E-state index in [2.05, 4.69) is 10.3 Å². The Bertz CT molecular complexity index is 504. The van der Waals surface area contributed by atoms with Gasteiger partial charge in [0.05, 0.1) is 23.6 Å². The van der Waals surface area contributed by atoms with E-state index in [9.17, 15) is 14.7 Å². The number of nitrogens with one attached hydrogen (secondary N) is 1. The molecule has 1 fully saturated rings. The maximum atomic E-state index is 12.4. The summed E-state index contributed by atoms with van der Waals surface area (Å²) in [5, 5.41) is 12.2. The van der Waals surface area contributed by atoms with Crippen LogP contribution in [0.25, 0.3) is 0 Å². The molecular formula is C16H22N2O3. The summed E-state index contributed by atoms with van der Waals surface area (Å²) in [7, 11) is 0. The summed E-state index contributed by atoms with van der Waals surface area (Å²) in [5.74, 6) is -1.70. The Labute approximate surface area is 124 Å². The van der Waals surface area contributed by atoms with E-state index in [1.165, 1.54) is 0 Å². The number of amides is 1. The van der Waals surface area contributed by atoms with Crippen LogP contribution in [0.5, 0.6) is 0 Å². The van der Waals surface area contributed by atoms with Gasteiger partial charge in [-0.05, 0) is 37.8 Å². The third-order valence-electron chi connectivity index (χ3n) is 4.38. The number of aromatic nitrogens is 1. The zero-order valence-corrected chi connectivity index (χ0v) is 12.5. The number of carbonyl (C=O) groups excluding carboxylic acids is 1. The first kappa shape index (κ1) is 15.5. The highest BCUT2D eigenvalue weighted by atomic mass is 16.4. The van der Waals surface area contributed by atoms with Gasteiger partial charge in [0.1, 0.15) is 0 Å². The van der Waals surface area contributed by atoms with Crippen molar-refractivity contribution in [3.05, 3.63) is 30.1 Å². The third-order valence-corrected chi connectivity index (χ3v) is 4.38. The first-order valence-electron chi connectivity index (χ1n) is 7.47. The van der Waals surface area contributed by atoms with Crippen molar-refractivity contribution >= 4 is 11.9 Å². The van der Waals surface area contributed by atoms with Crippen molar-refractivity contribution in [2.45, 2.75) is 39.2 Å². The molecule has 1 aromatic rings. The van der Waals surface area contributed by atoms with E-state index in [0.717, 1.165) is 12.1 Å². The molecule has 1 unspecified atom stereocenters. The molecule has 5 nitrogen and oxygen atoms in total. The summed E-state index contributed by atoms with van der Waals surface area (Å²) in [6, 6.07) is 5.33. The van der Waals surface area contributed by atoms with Crippen molar-refractivity contribution in [3.63, 3.8) is 0 Å². The minimum absolute atomic E-state index is 0.170. The molecule has 1 aromatic heterocycles. The minimum Gasteiger partial charge on any atom is -0.481 e. The normalized spacial score (nSPS) is 26.3. The lowest BCUT2D eigenvalue weighted by Gasteiger charge is -2.19. The lowest BCUT2D eigenvalue weighted by molar-refractivity contribution is -0.146. The minimum atomic E-state index is -0.864. The predicted molar refractivity (Wildman–Crippen MR) is 78.4 cm³/mol. The van der Waals surface area contributed by atoms with Gasteiger partial charge in [-0.25, -0.2) is 0 Å². The van der Waals surface area contributed by atoms with Gasteiger partial charge >= 0.3 is 5.97 Å². The van der Waals surface area contributed by atoms with Crippen LogP contribution in [0, 0.1) is 17.8 Å². The molecule has 4 atom stereocenters. The molecule has 114 valence electrons. The summed E-state index contributed by atoms with van der Waals surface area (Å²) >= 11 is 0. The zero-order valence-electron chi connectivity index (χ0n) is 12.5. The van der Waals surface area contributed by atoms with Crippen LogP contribution in [0.4, 0.5) is 0 Å². The van der Waals surface area contributed by atoms with E-state index >= 15 is 0 Å². The van der Waals surface area contributed by atoms with Gasteiger partial charge in [0.15, 0.2) is 0 Å². The van der Waals surface area contributed by atoms with Gasteiger partial charge in [0.2, 0.25) is 5.91 Å². The molecule has 2 N–H and O–H groups in total. The lowest BCUT2D eigenvalue weighted by Crippen LogP contribution is -2.36. The molecule has 0 saturated heterocycles. The molecule has 1 saturated carbocycles. The topological polar surface area (TPSA) is 79.3 Å². The summed E-state index contributed by atoms with van der Waals surface area (Å²) in [4.78, 5) is 28.0. The quantitative estimate of drug-likeness (QED) is 0.872. The lowest BCUT2D eigenvalue weighted by atomic mass is 9.95. The molecule has 0 spiro atoms. The van der Waals surface area contributed by atoms with Gasteiger partial charge < -0.3 is 10.4 Å². The number of aliphatic carboxylic acids is 1. The van der Waals surface area contributed by atoms with Crippen LogP contribution in [0.15, 0.2) is 24.4 Å². The molecule has 0 aliphatic heterocycles. The molecule has 1 heterocycles. The number of carboxylic acids is 1. The number of hydrogen-bond donors (Lipinski definition) is 2. The second kappa shape index (κ2) is 6.70. The van der Waals surface area contributed by atoms with Crippen molar-refractivity contribution < 1.29 is 14.7 Å². The largest absolute Gasteiger partial charge is 0.481 e. The smallest absolute Gasteiger partial charge is 0.307 e. The van der Waals surface area contributed by atoms with Gasteiger partial charge in [0.25, 0.3) is 0 Å². The van der Waals surface area contributed by atoms with Crippen LogP contribution in [0.1, 0.15) is 44.8 Å². The highest BCUT2D eigenvalue weighted by Gasteiger charge is 2.42. The molecule has 2 rings (SSSR count). The maximum Gasteiger partial charge on any atom is 0.307 e. The van der Waals surface area contributed by atoms with Crippen molar-refractivity contribution in [1.82, 2.24) is 10.3 Å². The van der Waals surface area contributed by atoms with E-state index in [0.29, 0.717) is 18.8 Å². The Hall–Kier alpha value is -1.91. The molecule has 0 aromatic carbocycles. The number of nitrogens with zero attached hydrogens (tertiary/aromatic N) is 1. The predicted octanol–water partition coefficient (Wildman–Crippen LogP) is 2.40. The fourth-order valence-corrected chi connectivity index (χ4v) is 3.07. The summed E-state index contributed by atoms with van der Waals surface area (Å²) in [5.41, 5.74) is 0.780. The van der Waals surface area contributed by atoms with E-state index in [4.69, 9.17) is 0 Å². The third kappa shape index (κ3) is 3.60. The second-order valence-electron chi connectivity index (χ2n) is 5.78. The van der Waals surface area contributed by atoms with Gasteiger partial charge in [0, 0.05) is 6.20 Å². The first-order valence-corrected chi connectivity index (χ1v) is 7.47. The van der Waals surface area contributed by atoms with Crippen molar-refractivity contribution in [2.24, 2.45) is 17.8 Å². The van der Waals surface area contributed by atoms with Crippen LogP contribution in [-0.4, -0.2) is 22.0 Å². The second-order valence-corrected chi connectivity index (χ2v) is 5.78. The number of rotatable bonds is 5. The Morgan fingerprint density at radius 1 is 1.38 bits per heavy atom. The van der Waals surface area contributed by atoms with Gasteiger partial charge in [-0.1, -0.05) is 19.4 Å². The molecule has 0 bridgehead atoms. The van der Waals surface area contributed by atoms with Gasteiger partial charge in [-0.3, -0.25) is 14.6 Å². The number of carboxylic acid groups (broad SMARTS) is 1. The molecule has 1 amide bonds. The van der Waals surface area contributed by atoms with E-state index in [1.54, 1.807) is 6.20 Å². The standard InChI is InChI=1S/C16H22N2O3/c1-3-11-8-12(13(9-11)16(20)21)15(19)18-10(2)14-6-4-5-7-17-14/h4-7,10-13H,3,8-9H2,1-2H3,(H,18,19)(H,20,21)/t10-,11?,12-,13+/m0/s1. The summed E-state index contributed by atoms with van der Waals surface area (Å²) in [6.07, 6.45) is 3.86. The van der Waals surface area contributed by atoms with E-state index < -0.39 is 17.8 Å². The number of hydrogen-bond acceptors (Lipinski definition) is 3. The average Bonchev–Trinajstić information content (AvgIpc) is 2.92. The molecule has 1 aliphatic rings. The van der Waals surface area contributed by atoms with E-state index in [-0.39, 0.29) is 11.9 Å². The SMILES string of the molecule is CCC1C[C@H](C(=O)N[C@@H](C)c2ccccn2)[C@H](C(=O)O)C1. The van der Waals surface area contributed by atoms with Gasteiger partial charge in [-0.15, -0.1) is 0 Å². The molecular weight excluding hydrogens is 268 g/mol. The fraction of sp³-hybridized carbons (Fsp3) is 0.562. The summed E-state index contributed by atoms with van der Waals surface area (Å²) < 4.78 is 0. The van der Waals surface area contributed by atoms with Crippen LogP contribution in [0.3, 0.4) is 0 Å². The molecule has 1 aliphatic carbocycles. The maximum absolute atomic E-state index is 12.4. The first-order chi connectivity index (χ1) is 10.0. The Kier molecular flexibility index (Phi) is 4.94.